The molecule has 0 heterocycles. The number of nitrogens with two attached hydrogens (primary N) is 1. The first kappa shape index (κ1) is 13.1. The number of carbonyl (C=O) groups is 1. The third kappa shape index (κ3) is 3.57. The zero-order valence-corrected chi connectivity index (χ0v) is 11.1. The molecule has 98 valence electrons. The van der Waals surface area contributed by atoms with E-state index in [1.807, 2.05) is 18.2 Å². The van der Waals surface area contributed by atoms with Gasteiger partial charge in [-0.2, -0.15) is 0 Å². The average molecular weight is 246 g/mol. The molecule has 1 aliphatic carbocycles. The molecule has 3 nitrogen and oxygen atoms in total. The van der Waals surface area contributed by atoms with Gasteiger partial charge in [0.2, 0.25) is 5.91 Å². The van der Waals surface area contributed by atoms with Crippen LogP contribution in [0.25, 0.3) is 0 Å². The number of hydrogen-bond acceptors (Lipinski definition) is 2. The Bertz CT molecular complexity index is 424. The average Bonchev–Trinajstić information content (AvgIpc) is 3.12. The Hall–Kier alpha value is -1.35. The normalized spacial score (nSPS) is 16.7. The van der Waals surface area contributed by atoms with Crippen molar-refractivity contribution in [1.82, 2.24) is 0 Å². The predicted molar refractivity (Wildman–Crippen MR) is 74.5 cm³/mol. The summed E-state index contributed by atoms with van der Waals surface area (Å²) >= 11 is 0. The van der Waals surface area contributed by atoms with E-state index in [0.29, 0.717) is 18.3 Å². The number of nitrogens with one attached hydrogen (secondary N) is 1. The van der Waals surface area contributed by atoms with E-state index in [2.05, 4.69) is 25.2 Å². The second kappa shape index (κ2) is 5.53. The first-order valence-corrected chi connectivity index (χ1v) is 6.71. The van der Waals surface area contributed by atoms with Crippen molar-refractivity contribution in [2.45, 2.75) is 45.1 Å². The summed E-state index contributed by atoms with van der Waals surface area (Å²) in [5.41, 5.74) is 8.06. The standard InChI is InChI=1S/C15H22N2O/c1-10(2)12-4-3-5-13(8-12)17-15(18)9-14(16)11-6-7-11/h3-5,8,10-11,14H,6-7,9,16H2,1-2H3,(H,17,18). The topological polar surface area (TPSA) is 55.1 Å². The van der Waals surface area contributed by atoms with Crippen LogP contribution in [-0.4, -0.2) is 11.9 Å². The molecule has 1 fully saturated rings. The number of rotatable bonds is 5. The maximum atomic E-state index is 11.8. The van der Waals surface area contributed by atoms with Gasteiger partial charge < -0.3 is 11.1 Å². The van der Waals surface area contributed by atoms with E-state index in [-0.39, 0.29) is 11.9 Å². The molecule has 0 aromatic heterocycles. The van der Waals surface area contributed by atoms with Crippen LogP contribution in [0.5, 0.6) is 0 Å². The molecular formula is C15H22N2O. The zero-order chi connectivity index (χ0) is 13.1. The Balaban J connectivity index is 1.91. The van der Waals surface area contributed by atoms with Crippen molar-refractivity contribution in [3.05, 3.63) is 29.8 Å². The lowest BCUT2D eigenvalue weighted by molar-refractivity contribution is -0.116. The zero-order valence-electron chi connectivity index (χ0n) is 11.1. The summed E-state index contributed by atoms with van der Waals surface area (Å²) in [4.78, 5) is 11.8. The van der Waals surface area contributed by atoms with Gasteiger partial charge in [0, 0.05) is 18.2 Å². The molecule has 1 atom stereocenters. The maximum absolute atomic E-state index is 11.8. The molecule has 1 aromatic carbocycles. The van der Waals surface area contributed by atoms with Gasteiger partial charge in [-0.15, -0.1) is 0 Å². The summed E-state index contributed by atoms with van der Waals surface area (Å²) in [7, 11) is 0. The van der Waals surface area contributed by atoms with Crippen LogP contribution < -0.4 is 11.1 Å². The Morgan fingerprint density at radius 3 is 2.78 bits per heavy atom. The summed E-state index contributed by atoms with van der Waals surface area (Å²) in [6, 6.07) is 8.04. The molecule has 0 bridgehead atoms. The van der Waals surface area contributed by atoms with Gasteiger partial charge in [0.15, 0.2) is 0 Å². The minimum Gasteiger partial charge on any atom is -0.327 e. The van der Waals surface area contributed by atoms with Crippen molar-refractivity contribution in [2.24, 2.45) is 11.7 Å². The largest absolute Gasteiger partial charge is 0.327 e. The summed E-state index contributed by atoms with van der Waals surface area (Å²) in [5, 5.41) is 2.93. The first-order valence-electron chi connectivity index (χ1n) is 6.71. The molecule has 1 unspecified atom stereocenters. The number of anilines is 1. The Morgan fingerprint density at radius 1 is 1.44 bits per heavy atom. The Labute approximate surface area is 109 Å². The molecule has 1 aromatic rings. The third-order valence-corrected chi connectivity index (χ3v) is 3.49. The number of amides is 1. The lowest BCUT2D eigenvalue weighted by Gasteiger charge is -2.12. The molecule has 1 aliphatic rings. The highest BCUT2D eigenvalue weighted by atomic mass is 16.1. The van der Waals surface area contributed by atoms with Gasteiger partial charge in [0.1, 0.15) is 0 Å². The van der Waals surface area contributed by atoms with Crippen LogP contribution in [0.3, 0.4) is 0 Å². The molecule has 2 rings (SSSR count). The molecule has 1 amide bonds. The van der Waals surface area contributed by atoms with Gasteiger partial charge in [0.05, 0.1) is 0 Å². The van der Waals surface area contributed by atoms with Gasteiger partial charge in [-0.1, -0.05) is 26.0 Å². The van der Waals surface area contributed by atoms with Crippen molar-refractivity contribution < 1.29 is 4.79 Å². The van der Waals surface area contributed by atoms with Gasteiger partial charge in [-0.25, -0.2) is 0 Å². The van der Waals surface area contributed by atoms with Crippen LogP contribution in [0.4, 0.5) is 5.69 Å². The van der Waals surface area contributed by atoms with Gasteiger partial charge in [0.25, 0.3) is 0 Å². The van der Waals surface area contributed by atoms with Gasteiger partial charge in [-0.3, -0.25) is 4.79 Å². The predicted octanol–water partition coefficient (Wildman–Crippen LogP) is 2.88. The van der Waals surface area contributed by atoms with Crippen LogP contribution in [0.2, 0.25) is 0 Å². The molecule has 18 heavy (non-hydrogen) atoms. The molecular weight excluding hydrogens is 224 g/mol. The van der Waals surface area contributed by atoms with Crippen molar-refractivity contribution in [1.29, 1.82) is 0 Å². The number of benzene rings is 1. The van der Waals surface area contributed by atoms with Crippen LogP contribution in [0.1, 0.15) is 44.6 Å². The molecule has 1 saturated carbocycles. The lowest BCUT2D eigenvalue weighted by atomic mass is 10.0. The highest BCUT2D eigenvalue weighted by Crippen LogP contribution is 2.32. The first-order chi connectivity index (χ1) is 8.56. The highest BCUT2D eigenvalue weighted by molar-refractivity contribution is 5.91. The van der Waals surface area contributed by atoms with Crippen molar-refractivity contribution in [3.8, 4) is 0 Å². The minimum atomic E-state index is 0.0234. The third-order valence-electron chi connectivity index (χ3n) is 3.49. The second-order valence-electron chi connectivity index (χ2n) is 5.53. The van der Waals surface area contributed by atoms with E-state index in [1.165, 1.54) is 18.4 Å². The number of carbonyl (C=O) groups excluding carboxylic acids is 1. The quantitative estimate of drug-likeness (QED) is 0.839. The lowest BCUT2D eigenvalue weighted by Crippen LogP contribution is -2.28. The summed E-state index contributed by atoms with van der Waals surface area (Å²) in [6.45, 7) is 4.29. The van der Waals surface area contributed by atoms with E-state index in [0.717, 1.165) is 5.69 Å². The molecule has 0 radical (unpaired) electrons. The SMILES string of the molecule is CC(C)c1cccc(NC(=O)CC(N)C2CC2)c1. The summed E-state index contributed by atoms with van der Waals surface area (Å²) in [6.07, 6.45) is 2.78. The Kier molecular flexibility index (Phi) is 4.02. The molecule has 3 N–H and O–H groups in total. The minimum absolute atomic E-state index is 0.0234. The van der Waals surface area contributed by atoms with E-state index >= 15 is 0 Å². The molecule has 0 saturated heterocycles. The van der Waals surface area contributed by atoms with E-state index in [1.54, 1.807) is 0 Å². The summed E-state index contributed by atoms with van der Waals surface area (Å²) in [5.74, 6) is 1.06. The van der Waals surface area contributed by atoms with E-state index in [4.69, 9.17) is 5.73 Å². The van der Waals surface area contributed by atoms with Gasteiger partial charge >= 0.3 is 0 Å². The fourth-order valence-electron chi connectivity index (χ4n) is 2.09. The van der Waals surface area contributed by atoms with E-state index < -0.39 is 0 Å². The summed E-state index contributed by atoms with van der Waals surface area (Å²) < 4.78 is 0. The van der Waals surface area contributed by atoms with E-state index in [9.17, 15) is 4.79 Å². The van der Waals surface area contributed by atoms with Crippen molar-refractivity contribution in [2.75, 3.05) is 5.32 Å². The van der Waals surface area contributed by atoms with Crippen LogP contribution in [0, 0.1) is 5.92 Å². The fourth-order valence-corrected chi connectivity index (χ4v) is 2.09. The monoisotopic (exact) mass is 246 g/mol. The maximum Gasteiger partial charge on any atom is 0.225 e. The smallest absolute Gasteiger partial charge is 0.225 e. The highest BCUT2D eigenvalue weighted by Gasteiger charge is 2.29. The molecule has 3 heteroatoms. The van der Waals surface area contributed by atoms with Crippen LogP contribution in [-0.2, 0) is 4.79 Å². The Morgan fingerprint density at radius 2 is 2.17 bits per heavy atom. The van der Waals surface area contributed by atoms with Crippen LogP contribution in [0.15, 0.2) is 24.3 Å². The second-order valence-corrected chi connectivity index (χ2v) is 5.53. The number of hydrogen-bond donors (Lipinski definition) is 2. The van der Waals surface area contributed by atoms with Crippen molar-refractivity contribution in [3.63, 3.8) is 0 Å². The molecule has 0 spiro atoms. The van der Waals surface area contributed by atoms with Crippen LogP contribution >= 0.6 is 0 Å². The van der Waals surface area contributed by atoms with Gasteiger partial charge in [-0.05, 0) is 42.4 Å². The molecule has 0 aliphatic heterocycles. The van der Waals surface area contributed by atoms with Crippen molar-refractivity contribution >= 4 is 11.6 Å². The fraction of sp³-hybridized carbons (Fsp3) is 0.533.